The van der Waals surface area contributed by atoms with Crippen molar-refractivity contribution < 1.29 is 4.74 Å². The quantitative estimate of drug-likeness (QED) is 0.876. The van der Waals surface area contributed by atoms with Crippen molar-refractivity contribution in [2.45, 2.75) is 53.0 Å². The normalized spacial score (nSPS) is 12.8. The Balaban J connectivity index is 2.02. The first-order chi connectivity index (χ1) is 11.1. The van der Waals surface area contributed by atoms with Gasteiger partial charge in [-0.1, -0.05) is 38.5 Å². The fourth-order valence-corrected chi connectivity index (χ4v) is 2.23. The Labute approximate surface area is 143 Å². The Morgan fingerprint density at radius 1 is 1.17 bits per heavy atom. The number of nitrogens with zero attached hydrogens (tertiary/aromatic N) is 3. The SMILES string of the molecule is Cc1ccc(OCC(C)Nc2nc(N)nc(C(C)(C)C)n2)c(C)c1. The molecule has 0 aliphatic heterocycles. The smallest absolute Gasteiger partial charge is 0.228 e. The molecule has 2 rings (SSSR count). The number of rotatable bonds is 5. The van der Waals surface area contributed by atoms with Crippen LogP contribution in [0.4, 0.5) is 11.9 Å². The monoisotopic (exact) mass is 329 g/mol. The molecule has 0 bridgehead atoms. The van der Waals surface area contributed by atoms with Gasteiger partial charge in [0.1, 0.15) is 18.2 Å². The van der Waals surface area contributed by atoms with Crippen LogP contribution in [0.15, 0.2) is 18.2 Å². The van der Waals surface area contributed by atoms with E-state index in [1.54, 1.807) is 0 Å². The van der Waals surface area contributed by atoms with Crippen LogP contribution in [-0.4, -0.2) is 27.6 Å². The molecule has 0 aliphatic carbocycles. The van der Waals surface area contributed by atoms with Crippen molar-refractivity contribution in [1.82, 2.24) is 15.0 Å². The van der Waals surface area contributed by atoms with Gasteiger partial charge in [0.15, 0.2) is 0 Å². The molecule has 0 spiro atoms. The third-order valence-electron chi connectivity index (χ3n) is 3.52. The zero-order chi connectivity index (χ0) is 17.9. The molecule has 0 amide bonds. The van der Waals surface area contributed by atoms with Crippen LogP contribution < -0.4 is 15.8 Å². The number of aromatic nitrogens is 3. The predicted octanol–water partition coefficient (Wildman–Crippen LogP) is 3.25. The minimum absolute atomic E-state index is 0.0281. The number of anilines is 2. The Morgan fingerprint density at radius 3 is 2.50 bits per heavy atom. The summed E-state index contributed by atoms with van der Waals surface area (Å²) in [6, 6.07) is 6.18. The molecule has 6 nitrogen and oxygen atoms in total. The molecule has 130 valence electrons. The summed E-state index contributed by atoms with van der Waals surface area (Å²) in [5.74, 6) is 2.25. The van der Waals surface area contributed by atoms with E-state index in [-0.39, 0.29) is 17.4 Å². The summed E-state index contributed by atoms with van der Waals surface area (Å²) < 4.78 is 5.89. The van der Waals surface area contributed by atoms with E-state index in [9.17, 15) is 0 Å². The second-order valence-corrected chi connectivity index (χ2v) is 7.22. The summed E-state index contributed by atoms with van der Waals surface area (Å²) in [5, 5.41) is 3.23. The highest BCUT2D eigenvalue weighted by atomic mass is 16.5. The summed E-state index contributed by atoms with van der Waals surface area (Å²) in [7, 11) is 0. The molecule has 1 atom stereocenters. The Morgan fingerprint density at radius 2 is 1.88 bits per heavy atom. The molecule has 6 heteroatoms. The van der Waals surface area contributed by atoms with Crippen molar-refractivity contribution in [2.75, 3.05) is 17.7 Å². The van der Waals surface area contributed by atoms with Crippen LogP contribution >= 0.6 is 0 Å². The molecule has 24 heavy (non-hydrogen) atoms. The molecule has 1 aromatic carbocycles. The fraction of sp³-hybridized carbons (Fsp3) is 0.500. The van der Waals surface area contributed by atoms with Gasteiger partial charge in [-0.05, 0) is 32.4 Å². The average Bonchev–Trinajstić information content (AvgIpc) is 2.44. The van der Waals surface area contributed by atoms with E-state index >= 15 is 0 Å². The first kappa shape index (κ1) is 18.0. The van der Waals surface area contributed by atoms with Crippen LogP contribution in [0.3, 0.4) is 0 Å². The molecule has 0 saturated carbocycles. The summed E-state index contributed by atoms with van der Waals surface area (Å²) in [6.07, 6.45) is 0. The maximum absolute atomic E-state index is 5.89. The third-order valence-corrected chi connectivity index (χ3v) is 3.52. The van der Waals surface area contributed by atoms with Gasteiger partial charge in [-0.2, -0.15) is 15.0 Å². The van der Waals surface area contributed by atoms with Gasteiger partial charge in [0, 0.05) is 5.41 Å². The zero-order valence-corrected chi connectivity index (χ0v) is 15.3. The molecule has 0 radical (unpaired) electrons. The van der Waals surface area contributed by atoms with Crippen molar-refractivity contribution in [1.29, 1.82) is 0 Å². The van der Waals surface area contributed by atoms with E-state index in [1.807, 2.05) is 46.8 Å². The second kappa shape index (κ2) is 7.03. The summed E-state index contributed by atoms with van der Waals surface area (Å²) in [6.45, 7) is 12.7. The van der Waals surface area contributed by atoms with Crippen LogP contribution in [0, 0.1) is 13.8 Å². The highest BCUT2D eigenvalue weighted by Crippen LogP contribution is 2.21. The number of benzene rings is 1. The van der Waals surface area contributed by atoms with Gasteiger partial charge in [-0.15, -0.1) is 0 Å². The third kappa shape index (κ3) is 4.81. The van der Waals surface area contributed by atoms with E-state index in [1.165, 1.54) is 5.56 Å². The van der Waals surface area contributed by atoms with Crippen molar-refractivity contribution in [3.8, 4) is 5.75 Å². The van der Waals surface area contributed by atoms with Gasteiger partial charge in [0.05, 0.1) is 6.04 Å². The number of hydrogen-bond donors (Lipinski definition) is 2. The van der Waals surface area contributed by atoms with Crippen LogP contribution in [-0.2, 0) is 5.41 Å². The molecule has 0 aliphatic rings. The molecule has 3 N–H and O–H groups in total. The first-order valence-electron chi connectivity index (χ1n) is 8.14. The van der Waals surface area contributed by atoms with Gasteiger partial charge < -0.3 is 15.8 Å². The minimum Gasteiger partial charge on any atom is -0.491 e. The topological polar surface area (TPSA) is 86.0 Å². The highest BCUT2D eigenvalue weighted by Gasteiger charge is 2.20. The number of nitrogens with two attached hydrogens (primary N) is 1. The maximum atomic E-state index is 5.89. The number of aryl methyl sites for hydroxylation is 2. The molecular formula is C18H27N5O. The Bertz CT molecular complexity index is 709. The lowest BCUT2D eigenvalue weighted by Crippen LogP contribution is -2.27. The minimum atomic E-state index is -0.188. The maximum Gasteiger partial charge on any atom is 0.228 e. The van der Waals surface area contributed by atoms with Gasteiger partial charge in [0.2, 0.25) is 11.9 Å². The predicted molar refractivity (Wildman–Crippen MR) is 97.4 cm³/mol. The Hall–Kier alpha value is -2.37. The van der Waals surface area contributed by atoms with E-state index in [0.29, 0.717) is 18.4 Å². The number of ether oxygens (including phenoxy) is 1. The number of hydrogen-bond acceptors (Lipinski definition) is 6. The van der Waals surface area contributed by atoms with Gasteiger partial charge in [0.25, 0.3) is 0 Å². The fourth-order valence-electron chi connectivity index (χ4n) is 2.23. The first-order valence-corrected chi connectivity index (χ1v) is 8.14. The van der Waals surface area contributed by atoms with Crippen LogP contribution in [0.1, 0.15) is 44.6 Å². The summed E-state index contributed by atoms with van der Waals surface area (Å²) in [5.41, 5.74) is 7.96. The molecule has 1 heterocycles. The molecule has 1 unspecified atom stereocenters. The average molecular weight is 329 g/mol. The lowest BCUT2D eigenvalue weighted by Gasteiger charge is -2.19. The van der Waals surface area contributed by atoms with Gasteiger partial charge in [-0.25, -0.2) is 0 Å². The van der Waals surface area contributed by atoms with Crippen LogP contribution in [0.25, 0.3) is 0 Å². The molecule has 1 aromatic heterocycles. The highest BCUT2D eigenvalue weighted by molar-refractivity contribution is 5.36. The van der Waals surface area contributed by atoms with E-state index in [0.717, 1.165) is 11.3 Å². The van der Waals surface area contributed by atoms with E-state index in [2.05, 4.69) is 33.3 Å². The lowest BCUT2D eigenvalue weighted by molar-refractivity contribution is 0.301. The Kier molecular flexibility index (Phi) is 5.26. The number of nitrogen functional groups attached to an aromatic ring is 1. The second-order valence-electron chi connectivity index (χ2n) is 7.22. The lowest BCUT2D eigenvalue weighted by atomic mass is 9.96. The largest absolute Gasteiger partial charge is 0.491 e. The van der Waals surface area contributed by atoms with E-state index in [4.69, 9.17) is 10.5 Å². The van der Waals surface area contributed by atoms with E-state index < -0.39 is 0 Å². The molecule has 0 saturated heterocycles. The van der Waals surface area contributed by atoms with Crippen LogP contribution in [0.2, 0.25) is 0 Å². The van der Waals surface area contributed by atoms with Crippen molar-refractivity contribution >= 4 is 11.9 Å². The van der Waals surface area contributed by atoms with Crippen molar-refractivity contribution in [2.24, 2.45) is 0 Å². The standard InChI is InChI=1S/C18H27N5O/c1-11-7-8-14(12(2)9-11)24-10-13(3)20-17-22-15(18(4,5)6)21-16(19)23-17/h7-9,13H,10H2,1-6H3,(H3,19,20,21,22,23). The molecular weight excluding hydrogens is 302 g/mol. The number of nitrogens with one attached hydrogen (secondary N) is 1. The summed E-state index contributed by atoms with van der Waals surface area (Å²) in [4.78, 5) is 12.8. The molecule has 0 fully saturated rings. The van der Waals surface area contributed by atoms with Crippen molar-refractivity contribution in [3.05, 3.63) is 35.2 Å². The zero-order valence-electron chi connectivity index (χ0n) is 15.3. The summed E-state index contributed by atoms with van der Waals surface area (Å²) >= 11 is 0. The van der Waals surface area contributed by atoms with Crippen LogP contribution in [0.5, 0.6) is 5.75 Å². The van der Waals surface area contributed by atoms with Crippen molar-refractivity contribution in [3.63, 3.8) is 0 Å². The molecule has 2 aromatic rings. The van der Waals surface area contributed by atoms with Gasteiger partial charge in [-0.3, -0.25) is 0 Å². The van der Waals surface area contributed by atoms with Gasteiger partial charge >= 0.3 is 0 Å².